The minimum absolute atomic E-state index is 0.425. The maximum absolute atomic E-state index is 6.03. The van der Waals surface area contributed by atoms with E-state index < -0.39 is 0 Å². The summed E-state index contributed by atoms with van der Waals surface area (Å²) in [5, 5.41) is 3.62. The maximum Gasteiger partial charge on any atom is 0.0399 e. The van der Waals surface area contributed by atoms with Gasteiger partial charge in [0.2, 0.25) is 0 Å². The number of hydrogen-bond donors (Lipinski definition) is 2. The lowest BCUT2D eigenvalue weighted by atomic mass is 9.86. The molecular formula is C15H24N2. The minimum Gasteiger partial charge on any atom is -0.384 e. The first-order valence-corrected chi connectivity index (χ1v) is 6.72. The first-order valence-electron chi connectivity index (χ1n) is 6.72. The molecule has 2 rings (SSSR count). The first-order chi connectivity index (χ1) is 8.16. The van der Waals surface area contributed by atoms with Crippen molar-refractivity contribution in [2.45, 2.75) is 45.6 Å². The lowest BCUT2D eigenvalue weighted by Gasteiger charge is -2.27. The molecule has 0 heterocycles. The molecule has 0 aliphatic heterocycles. The Bertz CT molecular complexity index is 353. The maximum atomic E-state index is 6.03. The van der Waals surface area contributed by atoms with Crippen molar-refractivity contribution < 1.29 is 0 Å². The number of nitrogens with two attached hydrogens (primary N) is 1. The summed E-state index contributed by atoms with van der Waals surface area (Å²) in [4.78, 5) is 0. The van der Waals surface area contributed by atoms with Crippen LogP contribution in [0.25, 0.3) is 0 Å². The quantitative estimate of drug-likeness (QED) is 0.839. The second kappa shape index (κ2) is 5.54. The second-order valence-corrected chi connectivity index (χ2v) is 5.44. The lowest BCUT2D eigenvalue weighted by Crippen LogP contribution is -2.31. The molecule has 17 heavy (non-hydrogen) atoms. The number of rotatable bonds is 3. The average molecular weight is 232 g/mol. The minimum atomic E-state index is 0.425. The highest BCUT2D eigenvalue weighted by Crippen LogP contribution is 2.25. The van der Waals surface area contributed by atoms with Crippen molar-refractivity contribution >= 4 is 5.69 Å². The van der Waals surface area contributed by atoms with Crippen molar-refractivity contribution in [3.05, 3.63) is 29.3 Å². The highest BCUT2D eigenvalue weighted by atomic mass is 14.9. The highest BCUT2D eigenvalue weighted by molar-refractivity contribution is 5.56. The first kappa shape index (κ1) is 12.4. The van der Waals surface area contributed by atoms with E-state index in [4.69, 9.17) is 5.73 Å². The molecule has 1 saturated carbocycles. The Morgan fingerprint density at radius 2 is 1.94 bits per heavy atom. The van der Waals surface area contributed by atoms with Gasteiger partial charge in [-0.3, -0.25) is 0 Å². The molecule has 0 spiro atoms. The molecule has 2 nitrogen and oxygen atoms in total. The van der Waals surface area contributed by atoms with E-state index in [1.54, 1.807) is 0 Å². The largest absolute Gasteiger partial charge is 0.384 e. The number of aryl methyl sites for hydroxylation is 2. The molecule has 2 unspecified atom stereocenters. The fourth-order valence-electron chi connectivity index (χ4n) is 2.86. The Morgan fingerprint density at radius 1 is 1.24 bits per heavy atom. The summed E-state index contributed by atoms with van der Waals surface area (Å²) in [6.45, 7) is 5.41. The van der Waals surface area contributed by atoms with Crippen LogP contribution < -0.4 is 11.1 Å². The molecule has 1 aromatic rings. The van der Waals surface area contributed by atoms with Crippen molar-refractivity contribution in [3.8, 4) is 0 Å². The molecule has 0 saturated heterocycles. The van der Waals surface area contributed by atoms with Gasteiger partial charge in [-0.1, -0.05) is 24.6 Å². The third kappa shape index (κ3) is 3.22. The van der Waals surface area contributed by atoms with Gasteiger partial charge >= 0.3 is 0 Å². The highest BCUT2D eigenvalue weighted by Gasteiger charge is 2.19. The molecule has 0 amide bonds. The van der Waals surface area contributed by atoms with Gasteiger partial charge in [0.1, 0.15) is 0 Å². The van der Waals surface area contributed by atoms with Crippen molar-refractivity contribution in [1.82, 2.24) is 0 Å². The number of hydrogen-bond acceptors (Lipinski definition) is 2. The van der Waals surface area contributed by atoms with E-state index in [9.17, 15) is 0 Å². The van der Waals surface area contributed by atoms with Gasteiger partial charge in [0.05, 0.1) is 0 Å². The third-order valence-corrected chi connectivity index (χ3v) is 3.87. The van der Waals surface area contributed by atoms with Gasteiger partial charge in [0.15, 0.2) is 0 Å². The predicted octanol–water partition coefficient (Wildman–Crippen LogP) is 3.23. The van der Waals surface area contributed by atoms with Crippen LogP contribution in [0.1, 0.15) is 36.8 Å². The molecule has 2 heteroatoms. The summed E-state index contributed by atoms with van der Waals surface area (Å²) in [6.07, 6.45) is 5.00. The molecule has 1 aliphatic rings. The SMILES string of the molecule is Cc1cccc(C)c1NCC1CCCC(N)C1. The van der Waals surface area contributed by atoms with Gasteiger partial charge < -0.3 is 11.1 Å². The van der Waals surface area contributed by atoms with E-state index >= 15 is 0 Å². The summed E-state index contributed by atoms with van der Waals surface area (Å²) >= 11 is 0. The van der Waals surface area contributed by atoms with E-state index in [2.05, 4.69) is 37.4 Å². The van der Waals surface area contributed by atoms with E-state index in [1.807, 2.05) is 0 Å². The molecule has 3 N–H and O–H groups in total. The smallest absolute Gasteiger partial charge is 0.0399 e. The van der Waals surface area contributed by atoms with Crippen LogP contribution in [0.15, 0.2) is 18.2 Å². The summed E-state index contributed by atoms with van der Waals surface area (Å²) < 4.78 is 0. The van der Waals surface area contributed by atoms with Crippen molar-refractivity contribution in [1.29, 1.82) is 0 Å². The van der Waals surface area contributed by atoms with Crippen LogP contribution >= 0.6 is 0 Å². The Morgan fingerprint density at radius 3 is 2.59 bits per heavy atom. The standard InChI is InChI=1S/C15H24N2/c1-11-5-3-6-12(2)15(11)17-10-13-7-4-8-14(16)9-13/h3,5-6,13-14,17H,4,7-10,16H2,1-2H3. The Labute approximate surface area is 105 Å². The predicted molar refractivity (Wildman–Crippen MR) is 74.3 cm³/mol. The number of benzene rings is 1. The fourth-order valence-corrected chi connectivity index (χ4v) is 2.86. The van der Waals surface area contributed by atoms with Crippen LogP contribution in [-0.4, -0.2) is 12.6 Å². The molecule has 1 aromatic carbocycles. The lowest BCUT2D eigenvalue weighted by molar-refractivity contribution is 0.335. The van der Waals surface area contributed by atoms with Gasteiger partial charge in [-0.05, 0) is 50.2 Å². The van der Waals surface area contributed by atoms with Gasteiger partial charge in [0, 0.05) is 18.3 Å². The average Bonchev–Trinajstić information content (AvgIpc) is 2.28. The van der Waals surface area contributed by atoms with Crippen molar-refractivity contribution in [2.24, 2.45) is 11.7 Å². The summed E-state index contributed by atoms with van der Waals surface area (Å²) in [7, 11) is 0. The zero-order chi connectivity index (χ0) is 12.3. The van der Waals surface area contributed by atoms with E-state index in [0.717, 1.165) is 12.5 Å². The monoisotopic (exact) mass is 232 g/mol. The zero-order valence-electron chi connectivity index (χ0n) is 11.0. The van der Waals surface area contributed by atoms with Crippen LogP contribution in [0.5, 0.6) is 0 Å². The van der Waals surface area contributed by atoms with Crippen molar-refractivity contribution in [2.75, 3.05) is 11.9 Å². The van der Waals surface area contributed by atoms with Crippen LogP contribution in [0, 0.1) is 19.8 Å². The van der Waals surface area contributed by atoms with Gasteiger partial charge in [-0.2, -0.15) is 0 Å². The molecule has 0 radical (unpaired) electrons. The summed E-state index contributed by atoms with van der Waals surface area (Å²) in [5.74, 6) is 0.748. The van der Waals surface area contributed by atoms with Crippen LogP contribution in [-0.2, 0) is 0 Å². The molecule has 2 atom stereocenters. The Kier molecular flexibility index (Phi) is 4.06. The molecule has 1 aliphatic carbocycles. The van der Waals surface area contributed by atoms with Crippen LogP contribution in [0.4, 0.5) is 5.69 Å². The molecule has 1 fully saturated rings. The Hall–Kier alpha value is -1.02. The number of para-hydroxylation sites is 1. The van der Waals surface area contributed by atoms with Gasteiger partial charge in [-0.25, -0.2) is 0 Å². The number of anilines is 1. The third-order valence-electron chi connectivity index (χ3n) is 3.87. The van der Waals surface area contributed by atoms with E-state index in [1.165, 1.54) is 42.5 Å². The van der Waals surface area contributed by atoms with Gasteiger partial charge in [-0.15, -0.1) is 0 Å². The van der Waals surface area contributed by atoms with Crippen LogP contribution in [0.2, 0.25) is 0 Å². The summed E-state index contributed by atoms with van der Waals surface area (Å²) in [5.41, 5.74) is 10.0. The number of nitrogens with one attached hydrogen (secondary N) is 1. The fraction of sp³-hybridized carbons (Fsp3) is 0.600. The molecular weight excluding hydrogens is 208 g/mol. The summed E-state index contributed by atoms with van der Waals surface area (Å²) in [6, 6.07) is 6.88. The second-order valence-electron chi connectivity index (χ2n) is 5.44. The van der Waals surface area contributed by atoms with Crippen LogP contribution in [0.3, 0.4) is 0 Å². The normalized spacial score (nSPS) is 24.6. The molecule has 0 aromatic heterocycles. The Balaban J connectivity index is 1.93. The van der Waals surface area contributed by atoms with Gasteiger partial charge in [0.25, 0.3) is 0 Å². The van der Waals surface area contributed by atoms with E-state index in [0.29, 0.717) is 6.04 Å². The molecule has 94 valence electrons. The topological polar surface area (TPSA) is 38.0 Å². The van der Waals surface area contributed by atoms with E-state index in [-0.39, 0.29) is 0 Å². The zero-order valence-corrected chi connectivity index (χ0v) is 11.0. The van der Waals surface area contributed by atoms with Crippen molar-refractivity contribution in [3.63, 3.8) is 0 Å². The molecule has 0 bridgehead atoms.